The highest BCUT2D eigenvalue weighted by Gasteiger charge is 2.19. The van der Waals surface area contributed by atoms with Gasteiger partial charge in [-0.2, -0.15) is 0 Å². The van der Waals surface area contributed by atoms with Crippen molar-refractivity contribution in [2.24, 2.45) is 0 Å². The monoisotopic (exact) mass is 1040 g/mol. The number of unbranched alkanes of at least 4 members (excludes halogenated alkanes) is 47. The molecule has 0 rings (SSSR count). The van der Waals surface area contributed by atoms with Gasteiger partial charge in [-0.15, -0.1) is 0 Å². The molecule has 0 aromatic carbocycles. The summed E-state index contributed by atoms with van der Waals surface area (Å²) < 4.78 is 17.0. The van der Waals surface area contributed by atoms with Gasteiger partial charge in [-0.3, -0.25) is 14.4 Å². The van der Waals surface area contributed by atoms with Gasteiger partial charge in [0.2, 0.25) is 0 Å². The fourth-order valence-corrected chi connectivity index (χ4v) is 10.2. The Morgan fingerprint density at radius 1 is 0.270 bits per heavy atom. The minimum atomic E-state index is -0.773. The van der Waals surface area contributed by atoms with E-state index in [4.69, 9.17) is 14.2 Å². The second-order valence-electron chi connectivity index (χ2n) is 22.7. The van der Waals surface area contributed by atoms with Crippen LogP contribution in [0.1, 0.15) is 374 Å². The Morgan fingerprint density at radius 3 is 0.797 bits per heavy atom. The van der Waals surface area contributed by atoms with Crippen LogP contribution in [0.15, 0.2) is 24.3 Å². The van der Waals surface area contributed by atoms with Crippen LogP contribution in [-0.4, -0.2) is 37.2 Å². The van der Waals surface area contributed by atoms with Gasteiger partial charge in [0.25, 0.3) is 0 Å². The third-order valence-electron chi connectivity index (χ3n) is 15.2. The van der Waals surface area contributed by atoms with Crippen LogP contribution in [0.3, 0.4) is 0 Å². The van der Waals surface area contributed by atoms with E-state index in [2.05, 4.69) is 45.1 Å². The van der Waals surface area contributed by atoms with Crippen LogP contribution in [0.25, 0.3) is 0 Å². The molecule has 0 heterocycles. The smallest absolute Gasteiger partial charge is 0.306 e. The number of carbonyl (C=O) groups is 3. The maximum atomic E-state index is 12.9. The molecular weight excluding hydrogens is 913 g/mol. The van der Waals surface area contributed by atoms with Crippen molar-refractivity contribution in [3.05, 3.63) is 24.3 Å². The van der Waals surface area contributed by atoms with Crippen LogP contribution in [0, 0.1) is 0 Å². The summed E-state index contributed by atoms with van der Waals surface area (Å²) in [5.74, 6) is -0.855. The number of hydrogen-bond acceptors (Lipinski definition) is 6. The lowest BCUT2D eigenvalue weighted by Gasteiger charge is -2.18. The van der Waals surface area contributed by atoms with Gasteiger partial charge in [0, 0.05) is 19.3 Å². The summed E-state index contributed by atoms with van der Waals surface area (Å²) in [5.41, 5.74) is 0. The fraction of sp³-hybridized carbons (Fsp3) is 0.897. The van der Waals surface area contributed by atoms with Crippen molar-refractivity contribution < 1.29 is 28.6 Å². The molecule has 0 aliphatic heterocycles. The summed E-state index contributed by atoms with van der Waals surface area (Å²) in [7, 11) is 0. The van der Waals surface area contributed by atoms with Crippen molar-refractivity contribution >= 4 is 17.9 Å². The highest BCUT2D eigenvalue weighted by Crippen LogP contribution is 2.19. The molecule has 0 bridgehead atoms. The van der Waals surface area contributed by atoms with Crippen LogP contribution >= 0.6 is 0 Å². The third kappa shape index (κ3) is 60.8. The second-order valence-corrected chi connectivity index (χ2v) is 22.7. The Balaban J connectivity index is 4.24. The second kappa shape index (κ2) is 63.4. The molecule has 436 valence electrons. The molecule has 6 nitrogen and oxygen atoms in total. The zero-order valence-electron chi connectivity index (χ0n) is 50.1. The maximum absolute atomic E-state index is 12.9. The Bertz CT molecular complexity index is 1190. The van der Waals surface area contributed by atoms with E-state index in [0.717, 1.165) is 83.5 Å². The Morgan fingerprint density at radius 2 is 0.514 bits per heavy atom. The van der Waals surface area contributed by atoms with Crippen molar-refractivity contribution in [3.63, 3.8) is 0 Å². The van der Waals surface area contributed by atoms with E-state index >= 15 is 0 Å². The zero-order chi connectivity index (χ0) is 53.6. The first-order chi connectivity index (χ1) is 36.5. The summed E-state index contributed by atoms with van der Waals surface area (Å²) >= 11 is 0. The molecule has 74 heavy (non-hydrogen) atoms. The molecule has 1 atom stereocenters. The molecule has 0 fully saturated rings. The van der Waals surface area contributed by atoms with E-state index in [-0.39, 0.29) is 31.1 Å². The summed E-state index contributed by atoms with van der Waals surface area (Å²) in [4.78, 5) is 38.3. The van der Waals surface area contributed by atoms with Gasteiger partial charge in [0.15, 0.2) is 6.10 Å². The molecule has 0 saturated heterocycles. The quantitative estimate of drug-likeness (QED) is 0.0261. The van der Waals surface area contributed by atoms with Crippen LogP contribution < -0.4 is 0 Å². The topological polar surface area (TPSA) is 78.9 Å². The third-order valence-corrected chi connectivity index (χ3v) is 15.2. The predicted molar refractivity (Wildman–Crippen MR) is 321 cm³/mol. The minimum absolute atomic E-state index is 0.0695. The van der Waals surface area contributed by atoms with Crippen molar-refractivity contribution in [2.45, 2.75) is 380 Å². The average molecular weight is 1040 g/mol. The summed E-state index contributed by atoms with van der Waals surface area (Å²) in [6.45, 7) is 6.64. The minimum Gasteiger partial charge on any atom is -0.462 e. The highest BCUT2D eigenvalue weighted by molar-refractivity contribution is 5.71. The van der Waals surface area contributed by atoms with Crippen LogP contribution in [-0.2, 0) is 28.6 Å². The first-order valence-corrected chi connectivity index (χ1v) is 33.3. The number of carbonyl (C=O) groups excluding carboxylic acids is 3. The van der Waals surface area contributed by atoms with Crippen LogP contribution in [0.5, 0.6) is 0 Å². The van der Waals surface area contributed by atoms with Crippen molar-refractivity contribution in [3.8, 4) is 0 Å². The van der Waals surface area contributed by atoms with E-state index in [9.17, 15) is 14.4 Å². The average Bonchev–Trinajstić information content (AvgIpc) is 3.40. The molecule has 1 unspecified atom stereocenters. The summed E-state index contributed by atoms with van der Waals surface area (Å²) in [5, 5.41) is 0. The number of esters is 3. The van der Waals surface area contributed by atoms with Gasteiger partial charge in [0.1, 0.15) is 13.2 Å². The lowest BCUT2D eigenvalue weighted by Crippen LogP contribution is -2.30. The molecule has 0 aliphatic carbocycles. The largest absolute Gasteiger partial charge is 0.462 e. The van der Waals surface area contributed by atoms with Gasteiger partial charge < -0.3 is 14.2 Å². The van der Waals surface area contributed by atoms with E-state index in [0.29, 0.717) is 19.3 Å². The molecular formula is C68H128O6. The number of allylic oxidation sites excluding steroid dienone is 4. The molecule has 0 N–H and O–H groups in total. The summed E-state index contributed by atoms with van der Waals surface area (Å²) in [6.07, 6.45) is 76.3. The molecule has 0 spiro atoms. The van der Waals surface area contributed by atoms with Gasteiger partial charge in [-0.05, 0) is 44.9 Å². The lowest BCUT2D eigenvalue weighted by atomic mass is 10.0. The molecule has 6 heteroatoms. The number of ether oxygens (including phenoxy) is 3. The van der Waals surface area contributed by atoms with E-state index in [1.54, 1.807) is 0 Å². The van der Waals surface area contributed by atoms with E-state index in [1.165, 1.54) is 250 Å². The standard InChI is InChI=1S/C68H128O6/c1-4-7-10-13-16-19-22-25-27-29-31-33-35-36-38-40-43-46-49-52-55-58-61-67(70)73-64-65(63-72-66(69)60-57-54-51-48-45-42-24-21-18-15-12-9-6-3)74-68(71)62-59-56-53-50-47-44-41-39-37-34-32-30-28-26-23-20-17-14-11-8-5-2/h12,15,21,24,65H,4-11,13-14,16-20,22-23,25-64H2,1-3H3/b15-12-,24-21-. The number of hydrogen-bond donors (Lipinski definition) is 0. The SMILES string of the molecule is CCC/C=C\C/C=C\CCCCCCCC(=O)OCC(COC(=O)CCCCCCCCCCCCCCCCCCCCCCCC)OC(=O)CCCCCCCCCCCCCCCCCCCCCCC. The van der Waals surface area contributed by atoms with Crippen molar-refractivity contribution in [1.29, 1.82) is 0 Å². The maximum Gasteiger partial charge on any atom is 0.306 e. The molecule has 0 aromatic rings. The molecule has 0 amide bonds. The van der Waals surface area contributed by atoms with Gasteiger partial charge in [-0.25, -0.2) is 0 Å². The van der Waals surface area contributed by atoms with Crippen molar-refractivity contribution in [2.75, 3.05) is 13.2 Å². The molecule has 0 aliphatic rings. The number of rotatable bonds is 62. The van der Waals surface area contributed by atoms with Crippen LogP contribution in [0.2, 0.25) is 0 Å². The Kier molecular flexibility index (Phi) is 61.6. The molecule has 0 saturated carbocycles. The van der Waals surface area contributed by atoms with E-state index in [1.807, 2.05) is 0 Å². The van der Waals surface area contributed by atoms with Gasteiger partial charge in [-0.1, -0.05) is 334 Å². The molecule has 0 radical (unpaired) electrons. The first-order valence-electron chi connectivity index (χ1n) is 33.3. The normalized spacial score (nSPS) is 12.1. The van der Waals surface area contributed by atoms with Crippen molar-refractivity contribution in [1.82, 2.24) is 0 Å². The fourth-order valence-electron chi connectivity index (χ4n) is 10.2. The zero-order valence-corrected chi connectivity index (χ0v) is 50.1. The summed E-state index contributed by atoms with van der Waals surface area (Å²) in [6, 6.07) is 0. The van der Waals surface area contributed by atoms with Gasteiger partial charge in [0.05, 0.1) is 0 Å². The predicted octanol–water partition coefficient (Wildman–Crippen LogP) is 22.6. The van der Waals surface area contributed by atoms with E-state index < -0.39 is 6.10 Å². The Hall–Kier alpha value is -2.11. The van der Waals surface area contributed by atoms with Gasteiger partial charge >= 0.3 is 17.9 Å². The lowest BCUT2D eigenvalue weighted by molar-refractivity contribution is -0.167. The molecule has 0 aromatic heterocycles. The van der Waals surface area contributed by atoms with Crippen LogP contribution in [0.4, 0.5) is 0 Å². The highest BCUT2D eigenvalue weighted by atomic mass is 16.6. The Labute approximate surface area is 462 Å². The first kappa shape index (κ1) is 71.9.